The topological polar surface area (TPSA) is 60.1 Å². The van der Waals surface area contributed by atoms with Crippen molar-refractivity contribution in [2.45, 2.75) is 44.6 Å². The smallest absolute Gasteiger partial charge is 0.267 e. The first kappa shape index (κ1) is 11.6. The number of anilines is 1. The van der Waals surface area contributed by atoms with Gasteiger partial charge in [0.15, 0.2) is 0 Å². The van der Waals surface area contributed by atoms with Crippen molar-refractivity contribution in [3.8, 4) is 0 Å². The summed E-state index contributed by atoms with van der Waals surface area (Å²) in [5, 5.41) is 3.02. The quantitative estimate of drug-likeness (QED) is 0.839. The van der Waals surface area contributed by atoms with Crippen molar-refractivity contribution in [2.75, 3.05) is 12.3 Å². The maximum Gasteiger partial charge on any atom is 0.267 e. The highest BCUT2D eigenvalue weighted by molar-refractivity contribution is 5.93. The average molecular weight is 247 g/mol. The van der Waals surface area contributed by atoms with Gasteiger partial charge in [0.1, 0.15) is 5.69 Å². The molecule has 1 heterocycles. The number of nitrogens with one attached hydrogen (secondary N) is 1. The summed E-state index contributed by atoms with van der Waals surface area (Å²) in [7, 11) is 0. The molecule has 0 spiro atoms. The SMILES string of the molecule is Nc1cc(C(=O)NCCC2CCC2)n(C2CC2)c1. The molecule has 4 heteroatoms. The summed E-state index contributed by atoms with van der Waals surface area (Å²) in [6, 6.07) is 2.28. The van der Waals surface area contributed by atoms with Gasteiger partial charge in [-0.3, -0.25) is 4.79 Å². The van der Waals surface area contributed by atoms with Gasteiger partial charge in [0.05, 0.1) is 5.69 Å². The molecule has 0 radical (unpaired) electrons. The van der Waals surface area contributed by atoms with E-state index in [1.54, 1.807) is 6.07 Å². The van der Waals surface area contributed by atoms with E-state index in [0.717, 1.165) is 37.4 Å². The molecule has 0 aromatic carbocycles. The first-order valence-corrected chi connectivity index (χ1v) is 6.99. The minimum atomic E-state index is 0.0259. The van der Waals surface area contributed by atoms with Crippen LogP contribution < -0.4 is 11.1 Å². The molecular formula is C14H21N3O. The maximum atomic E-state index is 12.1. The first-order chi connectivity index (χ1) is 8.74. The molecule has 2 aliphatic rings. The minimum Gasteiger partial charge on any atom is -0.397 e. The third kappa shape index (κ3) is 2.37. The van der Waals surface area contributed by atoms with Crippen LogP contribution in [0.3, 0.4) is 0 Å². The third-order valence-corrected chi connectivity index (χ3v) is 4.11. The largest absolute Gasteiger partial charge is 0.397 e. The highest BCUT2D eigenvalue weighted by Gasteiger charge is 2.27. The molecule has 98 valence electrons. The first-order valence-electron chi connectivity index (χ1n) is 6.99. The van der Waals surface area contributed by atoms with Crippen molar-refractivity contribution >= 4 is 11.6 Å². The molecule has 2 saturated carbocycles. The summed E-state index contributed by atoms with van der Waals surface area (Å²) in [6.07, 6.45) is 9.36. The molecule has 4 nitrogen and oxygen atoms in total. The number of nitrogen functional groups attached to an aromatic ring is 1. The molecule has 18 heavy (non-hydrogen) atoms. The second-order valence-corrected chi connectivity index (χ2v) is 5.64. The van der Waals surface area contributed by atoms with Crippen LogP contribution in [0.2, 0.25) is 0 Å². The summed E-state index contributed by atoms with van der Waals surface area (Å²) >= 11 is 0. The number of carbonyl (C=O) groups is 1. The van der Waals surface area contributed by atoms with E-state index >= 15 is 0 Å². The lowest BCUT2D eigenvalue weighted by Gasteiger charge is -2.25. The highest BCUT2D eigenvalue weighted by atomic mass is 16.1. The number of amides is 1. The molecule has 0 aliphatic heterocycles. The molecule has 0 unspecified atom stereocenters. The standard InChI is InChI=1S/C14H21N3O/c15-11-8-13(17(9-11)12-4-5-12)14(18)16-7-6-10-2-1-3-10/h8-10,12H,1-7,15H2,(H,16,18). The van der Waals surface area contributed by atoms with E-state index in [1.807, 2.05) is 10.8 Å². The number of aromatic nitrogens is 1. The lowest BCUT2D eigenvalue weighted by molar-refractivity contribution is 0.0939. The van der Waals surface area contributed by atoms with Gasteiger partial charge in [0.2, 0.25) is 0 Å². The van der Waals surface area contributed by atoms with Gasteiger partial charge in [-0.15, -0.1) is 0 Å². The predicted molar refractivity (Wildman–Crippen MR) is 71.4 cm³/mol. The molecule has 0 saturated heterocycles. The molecule has 3 rings (SSSR count). The van der Waals surface area contributed by atoms with Crippen molar-refractivity contribution in [1.82, 2.24) is 9.88 Å². The van der Waals surface area contributed by atoms with Crippen LogP contribution in [0.15, 0.2) is 12.3 Å². The molecule has 3 N–H and O–H groups in total. The molecule has 1 aromatic rings. The number of nitrogens with zero attached hydrogens (tertiary/aromatic N) is 1. The molecule has 1 amide bonds. The Balaban J connectivity index is 1.57. The molecule has 2 fully saturated rings. The van der Waals surface area contributed by atoms with Crippen molar-refractivity contribution in [3.05, 3.63) is 18.0 Å². The van der Waals surface area contributed by atoms with Crippen molar-refractivity contribution < 1.29 is 4.79 Å². The van der Waals surface area contributed by atoms with E-state index in [9.17, 15) is 4.79 Å². The Kier molecular flexibility index (Phi) is 3.02. The molecule has 0 atom stereocenters. The zero-order valence-electron chi connectivity index (χ0n) is 10.7. The van der Waals surface area contributed by atoms with Crippen LogP contribution in [0.1, 0.15) is 55.1 Å². The summed E-state index contributed by atoms with van der Waals surface area (Å²) in [5.41, 5.74) is 7.20. The number of hydrogen-bond acceptors (Lipinski definition) is 2. The van der Waals surface area contributed by atoms with Gasteiger partial charge >= 0.3 is 0 Å². The predicted octanol–water partition coefficient (Wildman–Crippen LogP) is 2.33. The van der Waals surface area contributed by atoms with E-state index in [4.69, 9.17) is 5.73 Å². The van der Waals surface area contributed by atoms with E-state index in [2.05, 4.69) is 5.32 Å². The zero-order valence-corrected chi connectivity index (χ0v) is 10.7. The van der Waals surface area contributed by atoms with Gasteiger partial charge in [-0.25, -0.2) is 0 Å². The Morgan fingerprint density at radius 2 is 2.17 bits per heavy atom. The summed E-state index contributed by atoms with van der Waals surface area (Å²) in [6.45, 7) is 0.791. The normalized spacial score (nSPS) is 19.6. The number of nitrogens with two attached hydrogens (primary N) is 1. The maximum absolute atomic E-state index is 12.1. The third-order valence-electron chi connectivity index (χ3n) is 4.11. The van der Waals surface area contributed by atoms with Crippen LogP contribution in [-0.4, -0.2) is 17.0 Å². The van der Waals surface area contributed by atoms with E-state index < -0.39 is 0 Å². The number of hydrogen-bond donors (Lipinski definition) is 2. The average Bonchev–Trinajstić information content (AvgIpc) is 3.05. The van der Waals surface area contributed by atoms with Gasteiger partial charge in [-0.05, 0) is 31.2 Å². The Bertz CT molecular complexity index is 444. The summed E-state index contributed by atoms with van der Waals surface area (Å²) in [4.78, 5) is 12.1. The fraction of sp³-hybridized carbons (Fsp3) is 0.643. The lowest BCUT2D eigenvalue weighted by Crippen LogP contribution is -2.28. The van der Waals surface area contributed by atoms with Gasteiger partial charge in [0, 0.05) is 18.8 Å². The lowest BCUT2D eigenvalue weighted by atomic mass is 9.83. The van der Waals surface area contributed by atoms with Gasteiger partial charge < -0.3 is 15.6 Å². The Morgan fingerprint density at radius 3 is 2.78 bits per heavy atom. The van der Waals surface area contributed by atoms with Gasteiger partial charge in [-0.2, -0.15) is 0 Å². The molecule has 0 bridgehead atoms. The Labute approximate surface area is 108 Å². The van der Waals surface area contributed by atoms with Crippen LogP contribution >= 0.6 is 0 Å². The highest BCUT2D eigenvalue weighted by Crippen LogP contribution is 2.37. The van der Waals surface area contributed by atoms with E-state index in [-0.39, 0.29) is 5.91 Å². The molecule has 2 aliphatic carbocycles. The fourth-order valence-electron chi connectivity index (χ4n) is 2.60. The van der Waals surface area contributed by atoms with Crippen LogP contribution in [-0.2, 0) is 0 Å². The number of rotatable bonds is 5. The van der Waals surface area contributed by atoms with Crippen LogP contribution in [0.4, 0.5) is 5.69 Å². The van der Waals surface area contributed by atoms with E-state index in [0.29, 0.717) is 11.7 Å². The second-order valence-electron chi connectivity index (χ2n) is 5.64. The van der Waals surface area contributed by atoms with Crippen LogP contribution in [0, 0.1) is 5.92 Å². The van der Waals surface area contributed by atoms with E-state index in [1.165, 1.54) is 19.3 Å². The molecular weight excluding hydrogens is 226 g/mol. The fourth-order valence-corrected chi connectivity index (χ4v) is 2.60. The Hall–Kier alpha value is -1.45. The van der Waals surface area contributed by atoms with Gasteiger partial charge in [0.25, 0.3) is 5.91 Å². The summed E-state index contributed by atoms with van der Waals surface area (Å²) in [5.74, 6) is 0.864. The van der Waals surface area contributed by atoms with Crippen LogP contribution in [0.25, 0.3) is 0 Å². The van der Waals surface area contributed by atoms with Crippen molar-refractivity contribution in [1.29, 1.82) is 0 Å². The van der Waals surface area contributed by atoms with Gasteiger partial charge in [-0.1, -0.05) is 19.3 Å². The monoisotopic (exact) mass is 247 g/mol. The van der Waals surface area contributed by atoms with Crippen molar-refractivity contribution in [2.24, 2.45) is 5.92 Å². The zero-order chi connectivity index (χ0) is 12.5. The number of carbonyl (C=O) groups excluding carboxylic acids is 1. The van der Waals surface area contributed by atoms with Crippen molar-refractivity contribution in [3.63, 3.8) is 0 Å². The Morgan fingerprint density at radius 1 is 1.39 bits per heavy atom. The second kappa shape index (κ2) is 4.67. The minimum absolute atomic E-state index is 0.0259. The summed E-state index contributed by atoms with van der Waals surface area (Å²) < 4.78 is 2.04. The molecule has 1 aromatic heterocycles. The van der Waals surface area contributed by atoms with Crippen LogP contribution in [0.5, 0.6) is 0 Å².